The van der Waals surface area contributed by atoms with E-state index in [4.69, 9.17) is 28.9 Å². The fourth-order valence-corrected chi connectivity index (χ4v) is 2.93. The molecule has 0 fully saturated rings. The van der Waals surface area contributed by atoms with E-state index in [9.17, 15) is 0 Å². The van der Waals surface area contributed by atoms with Gasteiger partial charge >= 0.3 is 0 Å². The van der Waals surface area contributed by atoms with E-state index in [2.05, 4.69) is 6.07 Å². The van der Waals surface area contributed by atoms with E-state index < -0.39 is 0 Å². The van der Waals surface area contributed by atoms with Crippen molar-refractivity contribution in [1.82, 2.24) is 0 Å². The SMILES string of the molecule is NCc1ccc(-c2ccc(Cl)c3ccccc23)c(Cl)c1. The average molecular weight is 302 g/mol. The summed E-state index contributed by atoms with van der Waals surface area (Å²) in [6, 6.07) is 17.9. The fourth-order valence-electron chi connectivity index (χ4n) is 2.40. The minimum absolute atomic E-state index is 0.487. The maximum Gasteiger partial charge on any atom is 0.0487 e. The molecule has 0 aliphatic heterocycles. The normalized spacial score (nSPS) is 10.9. The van der Waals surface area contributed by atoms with Gasteiger partial charge in [-0.2, -0.15) is 0 Å². The van der Waals surface area contributed by atoms with Gasteiger partial charge in [-0.1, -0.05) is 65.7 Å². The van der Waals surface area contributed by atoms with Crippen LogP contribution >= 0.6 is 23.2 Å². The summed E-state index contributed by atoms with van der Waals surface area (Å²) in [4.78, 5) is 0. The highest BCUT2D eigenvalue weighted by atomic mass is 35.5. The molecule has 0 saturated carbocycles. The third kappa shape index (κ3) is 2.29. The lowest BCUT2D eigenvalue weighted by molar-refractivity contribution is 1.07. The summed E-state index contributed by atoms with van der Waals surface area (Å²) in [5.74, 6) is 0. The van der Waals surface area contributed by atoms with Gasteiger partial charge in [0.1, 0.15) is 0 Å². The lowest BCUT2D eigenvalue weighted by atomic mass is 9.97. The number of hydrogen-bond donors (Lipinski definition) is 1. The summed E-state index contributed by atoms with van der Waals surface area (Å²) in [6.07, 6.45) is 0. The molecule has 2 N–H and O–H groups in total. The van der Waals surface area contributed by atoms with Crippen LogP contribution < -0.4 is 5.73 Å². The van der Waals surface area contributed by atoms with Gasteiger partial charge in [0.05, 0.1) is 0 Å². The average Bonchev–Trinajstić information content (AvgIpc) is 2.48. The van der Waals surface area contributed by atoms with Crippen molar-refractivity contribution in [2.24, 2.45) is 5.73 Å². The van der Waals surface area contributed by atoms with Gasteiger partial charge < -0.3 is 5.73 Å². The van der Waals surface area contributed by atoms with Gasteiger partial charge in [-0.25, -0.2) is 0 Å². The Balaban J connectivity index is 2.27. The second-order valence-electron chi connectivity index (χ2n) is 4.66. The Labute approximate surface area is 127 Å². The van der Waals surface area contributed by atoms with Gasteiger partial charge in [-0.15, -0.1) is 0 Å². The highest BCUT2D eigenvalue weighted by Gasteiger charge is 2.09. The number of rotatable bonds is 2. The van der Waals surface area contributed by atoms with Crippen molar-refractivity contribution in [3.8, 4) is 11.1 Å². The summed E-state index contributed by atoms with van der Waals surface area (Å²) in [7, 11) is 0. The van der Waals surface area contributed by atoms with Gasteiger partial charge in [0.15, 0.2) is 0 Å². The van der Waals surface area contributed by atoms with Crippen molar-refractivity contribution >= 4 is 34.0 Å². The Morgan fingerprint density at radius 1 is 0.750 bits per heavy atom. The van der Waals surface area contributed by atoms with Gasteiger partial charge in [0.25, 0.3) is 0 Å². The van der Waals surface area contributed by atoms with Crippen molar-refractivity contribution in [2.75, 3.05) is 0 Å². The monoisotopic (exact) mass is 301 g/mol. The Morgan fingerprint density at radius 3 is 2.15 bits per heavy atom. The van der Waals surface area contributed by atoms with Crippen LogP contribution in [0.2, 0.25) is 10.0 Å². The summed E-state index contributed by atoms with van der Waals surface area (Å²) < 4.78 is 0. The maximum atomic E-state index is 6.39. The predicted molar refractivity (Wildman–Crippen MR) is 87.3 cm³/mol. The van der Waals surface area contributed by atoms with Crippen LogP contribution in [0.5, 0.6) is 0 Å². The topological polar surface area (TPSA) is 26.0 Å². The summed E-state index contributed by atoms with van der Waals surface area (Å²) in [5, 5.41) is 3.59. The molecule has 0 aliphatic rings. The van der Waals surface area contributed by atoms with E-state index in [0.717, 1.165) is 32.5 Å². The molecule has 20 heavy (non-hydrogen) atoms. The number of benzene rings is 3. The third-order valence-corrected chi connectivity index (χ3v) is 4.07. The van der Waals surface area contributed by atoms with E-state index in [1.807, 2.05) is 48.5 Å². The number of fused-ring (bicyclic) bond motifs is 1. The maximum absolute atomic E-state index is 6.39. The molecule has 100 valence electrons. The molecule has 0 heterocycles. The first-order valence-electron chi connectivity index (χ1n) is 6.37. The van der Waals surface area contributed by atoms with Crippen molar-refractivity contribution in [3.05, 3.63) is 70.2 Å². The standard InChI is InChI=1S/C17H13Cl2N/c18-16-8-7-13(12-3-1-2-4-14(12)16)15-6-5-11(10-20)9-17(15)19/h1-9H,10,20H2. The first-order valence-corrected chi connectivity index (χ1v) is 7.12. The van der Waals surface area contributed by atoms with Gasteiger partial charge in [-0.05, 0) is 28.6 Å². The van der Waals surface area contributed by atoms with Crippen LogP contribution in [0.25, 0.3) is 21.9 Å². The van der Waals surface area contributed by atoms with Crippen LogP contribution in [0.4, 0.5) is 0 Å². The number of hydrogen-bond acceptors (Lipinski definition) is 1. The molecular formula is C17H13Cl2N. The number of halogens is 2. The summed E-state index contributed by atoms with van der Waals surface area (Å²) in [5.41, 5.74) is 8.75. The largest absolute Gasteiger partial charge is 0.326 e. The van der Waals surface area contributed by atoms with Crippen molar-refractivity contribution in [1.29, 1.82) is 0 Å². The summed E-state index contributed by atoms with van der Waals surface area (Å²) >= 11 is 12.6. The van der Waals surface area contributed by atoms with Gasteiger partial charge in [0.2, 0.25) is 0 Å². The van der Waals surface area contributed by atoms with Crippen molar-refractivity contribution in [2.45, 2.75) is 6.54 Å². The molecule has 0 amide bonds. The first-order chi connectivity index (χ1) is 9.70. The quantitative estimate of drug-likeness (QED) is 0.685. The second kappa shape index (κ2) is 5.45. The Kier molecular flexibility index (Phi) is 3.66. The molecule has 3 aromatic carbocycles. The number of nitrogens with two attached hydrogens (primary N) is 1. The zero-order valence-electron chi connectivity index (χ0n) is 10.7. The predicted octanol–water partition coefficient (Wildman–Crippen LogP) is 5.27. The zero-order chi connectivity index (χ0) is 14.1. The summed E-state index contributed by atoms with van der Waals surface area (Å²) in [6.45, 7) is 0.487. The van der Waals surface area contributed by atoms with E-state index in [0.29, 0.717) is 11.6 Å². The highest BCUT2D eigenvalue weighted by Crippen LogP contribution is 2.36. The van der Waals surface area contributed by atoms with E-state index in [1.54, 1.807) is 0 Å². The van der Waals surface area contributed by atoms with E-state index in [-0.39, 0.29) is 0 Å². The molecule has 0 radical (unpaired) electrons. The van der Waals surface area contributed by atoms with Crippen LogP contribution in [0.3, 0.4) is 0 Å². The van der Waals surface area contributed by atoms with E-state index in [1.165, 1.54) is 0 Å². The molecule has 0 aromatic heterocycles. The first kappa shape index (κ1) is 13.4. The fraction of sp³-hybridized carbons (Fsp3) is 0.0588. The molecule has 0 unspecified atom stereocenters. The van der Waals surface area contributed by atoms with E-state index >= 15 is 0 Å². The molecule has 0 bridgehead atoms. The molecule has 0 saturated heterocycles. The van der Waals surface area contributed by atoms with Gasteiger partial charge in [-0.3, -0.25) is 0 Å². The lowest BCUT2D eigenvalue weighted by Gasteiger charge is -2.11. The van der Waals surface area contributed by atoms with Crippen molar-refractivity contribution in [3.63, 3.8) is 0 Å². The second-order valence-corrected chi connectivity index (χ2v) is 5.47. The van der Waals surface area contributed by atoms with Crippen LogP contribution in [0.1, 0.15) is 5.56 Å². The minimum atomic E-state index is 0.487. The Hall–Kier alpha value is -1.54. The van der Waals surface area contributed by atoms with Gasteiger partial charge in [0, 0.05) is 27.5 Å². The van der Waals surface area contributed by atoms with Crippen LogP contribution in [0, 0.1) is 0 Å². The minimum Gasteiger partial charge on any atom is -0.326 e. The third-order valence-electron chi connectivity index (χ3n) is 3.43. The molecule has 3 aromatic rings. The van der Waals surface area contributed by atoms with Crippen LogP contribution in [-0.4, -0.2) is 0 Å². The molecular weight excluding hydrogens is 289 g/mol. The Morgan fingerprint density at radius 2 is 1.45 bits per heavy atom. The highest BCUT2D eigenvalue weighted by molar-refractivity contribution is 6.37. The molecule has 0 spiro atoms. The smallest absolute Gasteiger partial charge is 0.0487 e. The molecule has 3 heteroatoms. The Bertz CT molecular complexity index is 781. The molecule has 0 atom stereocenters. The van der Waals surface area contributed by atoms with Crippen LogP contribution in [-0.2, 0) is 6.54 Å². The van der Waals surface area contributed by atoms with Crippen LogP contribution in [0.15, 0.2) is 54.6 Å². The molecule has 3 rings (SSSR count). The van der Waals surface area contributed by atoms with Crippen molar-refractivity contribution < 1.29 is 0 Å². The lowest BCUT2D eigenvalue weighted by Crippen LogP contribution is -1.96. The zero-order valence-corrected chi connectivity index (χ0v) is 12.2. The molecule has 1 nitrogen and oxygen atoms in total. The molecule has 0 aliphatic carbocycles.